The van der Waals surface area contributed by atoms with Gasteiger partial charge in [0.05, 0.1) is 17.9 Å². The molecule has 1 heterocycles. The van der Waals surface area contributed by atoms with Crippen molar-refractivity contribution < 1.29 is 23.1 Å². The molecule has 2 unspecified atom stereocenters. The predicted molar refractivity (Wildman–Crippen MR) is 90.6 cm³/mol. The molecule has 2 aromatic rings. The van der Waals surface area contributed by atoms with E-state index < -0.39 is 23.6 Å². The van der Waals surface area contributed by atoms with Crippen LogP contribution in [0.1, 0.15) is 30.6 Å². The van der Waals surface area contributed by atoms with Crippen molar-refractivity contribution in [3.8, 4) is 0 Å². The first kappa shape index (κ1) is 17.4. The Morgan fingerprint density at radius 3 is 2.84 bits per heavy atom. The monoisotopic (exact) mass is 362 g/mol. The lowest BCUT2D eigenvalue weighted by Crippen LogP contribution is -2.34. The van der Waals surface area contributed by atoms with Crippen LogP contribution in [-0.2, 0) is 14.3 Å². The van der Waals surface area contributed by atoms with Crippen molar-refractivity contribution in [2.24, 2.45) is 5.92 Å². The Hall–Kier alpha value is -2.40. The number of furan rings is 1. The highest BCUT2D eigenvalue weighted by atomic mass is 35.5. The minimum atomic E-state index is -0.986. The van der Waals surface area contributed by atoms with Gasteiger partial charge in [-0.15, -0.1) is 0 Å². The molecule has 1 aliphatic carbocycles. The Kier molecular flexibility index (Phi) is 5.04. The van der Waals surface area contributed by atoms with Crippen LogP contribution in [0.4, 0.5) is 4.39 Å². The summed E-state index contributed by atoms with van der Waals surface area (Å²) >= 11 is 5.88. The smallest absolute Gasteiger partial charge is 0.317 e. The molecule has 0 saturated carbocycles. The molecule has 0 amide bonds. The van der Waals surface area contributed by atoms with Crippen LogP contribution in [-0.4, -0.2) is 18.4 Å². The molecule has 0 radical (unpaired) electrons. The van der Waals surface area contributed by atoms with E-state index in [4.69, 9.17) is 20.8 Å². The lowest BCUT2D eigenvalue weighted by Gasteiger charge is -2.28. The quantitative estimate of drug-likeness (QED) is 0.598. The first-order chi connectivity index (χ1) is 12.0. The van der Waals surface area contributed by atoms with Gasteiger partial charge in [0.2, 0.25) is 0 Å². The summed E-state index contributed by atoms with van der Waals surface area (Å²) < 4.78 is 23.9. The summed E-state index contributed by atoms with van der Waals surface area (Å²) in [5.74, 6) is -2.43. The number of rotatable bonds is 4. The van der Waals surface area contributed by atoms with Gasteiger partial charge in [0.25, 0.3) is 0 Å². The highest BCUT2D eigenvalue weighted by Crippen LogP contribution is 2.41. The zero-order chi connectivity index (χ0) is 18.0. The lowest BCUT2D eigenvalue weighted by molar-refractivity contribution is -0.151. The Morgan fingerprint density at radius 2 is 2.20 bits per heavy atom. The molecular weight excluding hydrogens is 347 g/mol. The fourth-order valence-electron chi connectivity index (χ4n) is 3.07. The number of ether oxygens (including phenoxy) is 1. The van der Waals surface area contributed by atoms with E-state index in [0.717, 1.165) is 0 Å². The number of benzene rings is 1. The molecule has 0 fully saturated rings. The Bertz CT molecular complexity index is 826. The van der Waals surface area contributed by atoms with E-state index in [9.17, 15) is 14.0 Å². The minimum Gasteiger partial charge on any atom is -0.465 e. The number of carbonyl (C=O) groups excluding carboxylic acids is 2. The average Bonchev–Trinajstić information content (AvgIpc) is 3.11. The second-order valence-corrected chi connectivity index (χ2v) is 6.17. The van der Waals surface area contributed by atoms with Gasteiger partial charge in [-0.3, -0.25) is 9.59 Å². The fraction of sp³-hybridized carbons (Fsp3) is 0.263. The molecule has 1 aromatic carbocycles. The molecular formula is C19H16ClFO4. The van der Waals surface area contributed by atoms with Crippen LogP contribution in [0.15, 0.2) is 47.1 Å². The number of allylic oxidation sites excluding steroid dienone is 2. The van der Waals surface area contributed by atoms with E-state index in [2.05, 4.69) is 0 Å². The zero-order valence-electron chi connectivity index (χ0n) is 13.5. The molecule has 0 spiro atoms. The summed E-state index contributed by atoms with van der Waals surface area (Å²) in [5, 5.41) is -0.0540. The van der Waals surface area contributed by atoms with E-state index in [1.807, 2.05) is 0 Å². The van der Waals surface area contributed by atoms with Gasteiger partial charge in [-0.05, 0) is 54.8 Å². The summed E-state index contributed by atoms with van der Waals surface area (Å²) in [7, 11) is 0. The first-order valence-corrected chi connectivity index (χ1v) is 8.29. The maximum Gasteiger partial charge on any atom is 0.317 e. The van der Waals surface area contributed by atoms with Gasteiger partial charge in [0.1, 0.15) is 17.5 Å². The van der Waals surface area contributed by atoms with Gasteiger partial charge in [0, 0.05) is 5.92 Å². The predicted octanol–water partition coefficient (Wildman–Crippen LogP) is 4.39. The fourth-order valence-corrected chi connectivity index (χ4v) is 3.26. The van der Waals surface area contributed by atoms with E-state index in [-0.39, 0.29) is 17.4 Å². The summed E-state index contributed by atoms with van der Waals surface area (Å²) in [6.07, 6.45) is 3.31. The zero-order valence-corrected chi connectivity index (χ0v) is 14.3. The van der Waals surface area contributed by atoms with Crippen LogP contribution in [0.5, 0.6) is 0 Å². The molecule has 0 aliphatic heterocycles. The van der Waals surface area contributed by atoms with E-state index in [0.29, 0.717) is 23.3 Å². The first-order valence-electron chi connectivity index (χ1n) is 7.91. The van der Waals surface area contributed by atoms with Gasteiger partial charge >= 0.3 is 5.97 Å². The van der Waals surface area contributed by atoms with Crippen LogP contribution < -0.4 is 0 Å². The molecule has 25 heavy (non-hydrogen) atoms. The molecule has 0 N–H and O–H groups in total. The van der Waals surface area contributed by atoms with E-state index in [1.54, 1.807) is 19.1 Å². The molecule has 130 valence electrons. The van der Waals surface area contributed by atoms with Crippen LogP contribution in [0.25, 0.3) is 5.57 Å². The number of carbonyl (C=O) groups is 2. The molecule has 2 atom stereocenters. The van der Waals surface area contributed by atoms with Crippen molar-refractivity contribution >= 4 is 28.9 Å². The highest BCUT2D eigenvalue weighted by Gasteiger charge is 2.40. The molecule has 6 heteroatoms. The van der Waals surface area contributed by atoms with E-state index >= 15 is 0 Å². The second-order valence-electron chi connectivity index (χ2n) is 5.76. The second kappa shape index (κ2) is 7.23. The largest absolute Gasteiger partial charge is 0.465 e. The number of hydrogen-bond acceptors (Lipinski definition) is 4. The summed E-state index contributed by atoms with van der Waals surface area (Å²) in [4.78, 5) is 25.0. The molecule has 0 bridgehead atoms. The Labute approximate surface area is 149 Å². The van der Waals surface area contributed by atoms with Gasteiger partial charge in [-0.25, -0.2) is 4.39 Å². The lowest BCUT2D eigenvalue weighted by atomic mass is 9.74. The van der Waals surface area contributed by atoms with Crippen molar-refractivity contribution in [2.75, 3.05) is 6.61 Å². The Morgan fingerprint density at radius 1 is 1.40 bits per heavy atom. The maximum atomic E-state index is 13.5. The molecule has 4 nitrogen and oxygen atoms in total. The van der Waals surface area contributed by atoms with Crippen molar-refractivity contribution in [1.29, 1.82) is 0 Å². The summed E-state index contributed by atoms with van der Waals surface area (Å²) in [6, 6.07) is 7.69. The number of esters is 1. The maximum absolute atomic E-state index is 13.5. The van der Waals surface area contributed by atoms with Gasteiger partial charge in [-0.1, -0.05) is 17.7 Å². The molecule has 3 rings (SSSR count). The Balaban J connectivity index is 2.03. The molecule has 1 aliphatic rings. The third kappa shape index (κ3) is 3.51. The van der Waals surface area contributed by atoms with Crippen molar-refractivity contribution in [3.63, 3.8) is 0 Å². The minimum absolute atomic E-state index is 0.0540. The van der Waals surface area contributed by atoms with Crippen molar-refractivity contribution in [1.82, 2.24) is 0 Å². The normalized spacial score (nSPS) is 20.3. The number of hydrogen-bond donors (Lipinski definition) is 0. The third-order valence-electron chi connectivity index (χ3n) is 4.22. The SMILES string of the molecule is CCOC(=O)C1C(=O)C=C(c2ccco2)CC1c1ccc(F)c(Cl)c1. The van der Waals surface area contributed by atoms with Crippen LogP contribution in [0.2, 0.25) is 5.02 Å². The van der Waals surface area contributed by atoms with Crippen LogP contribution in [0.3, 0.4) is 0 Å². The topological polar surface area (TPSA) is 56.5 Å². The molecule has 0 saturated heterocycles. The van der Waals surface area contributed by atoms with Gasteiger partial charge in [0.15, 0.2) is 5.78 Å². The number of ketones is 1. The number of halogens is 2. The van der Waals surface area contributed by atoms with Crippen LogP contribution >= 0.6 is 11.6 Å². The average molecular weight is 363 g/mol. The van der Waals surface area contributed by atoms with Crippen molar-refractivity contribution in [2.45, 2.75) is 19.3 Å². The highest BCUT2D eigenvalue weighted by molar-refractivity contribution is 6.30. The van der Waals surface area contributed by atoms with Crippen molar-refractivity contribution in [3.05, 3.63) is 64.8 Å². The molecule has 1 aromatic heterocycles. The van der Waals surface area contributed by atoms with Gasteiger partial charge < -0.3 is 9.15 Å². The third-order valence-corrected chi connectivity index (χ3v) is 4.50. The summed E-state index contributed by atoms with van der Waals surface area (Å²) in [5.41, 5.74) is 1.29. The van der Waals surface area contributed by atoms with E-state index in [1.165, 1.54) is 30.5 Å². The standard InChI is InChI=1S/C19H16ClFO4/c1-2-24-19(23)18-13(11-5-6-15(21)14(20)9-11)8-12(10-16(18)22)17-4-3-7-25-17/h3-7,9-10,13,18H,2,8H2,1H3. The van der Waals surface area contributed by atoms with Crippen LogP contribution in [0, 0.1) is 11.7 Å². The van der Waals surface area contributed by atoms with Gasteiger partial charge in [-0.2, -0.15) is 0 Å². The summed E-state index contributed by atoms with van der Waals surface area (Å²) in [6.45, 7) is 1.85.